The van der Waals surface area contributed by atoms with E-state index in [1.54, 1.807) is 0 Å². The Kier molecular flexibility index (Phi) is 22.5. The molecule has 0 saturated carbocycles. The summed E-state index contributed by atoms with van der Waals surface area (Å²) in [5.41, 5.74) is 0. The Hall–Kier alpha value is 1.02. The molecule has 0 aromatic heterocycles. The average molecular weight is 177 g/mol. The second-order valence-electron chi connectivity index (χ2n) is 1.82. The first-order valence-electron chi connectivity index (χ1n) is 3.97. The molecule has 0 aliphatic carbocycles. The Morgan fingerprint density at radius 3 is 1.70 bits per heavy atom. The maximum absolute atomic E-state index is 5.44. The quantitative estimate of drug-likeness (QED) is 0.599. The van der Waals surface area contributed by atoms with Gasteiger partial charge in [0.1, 0.15) is 0 Å². The van der Waals surface area contributed by atoms with Crippen LogP contribution in [0.2, 0.25) is 4.55 Å². The van der Waals surface area contributed by atoms with Crippen molar-refractivity contribution in [3.05, 3.63) is 0 Å². The normalized spacial score (nSPS) is 7.60. The molecule has 0 N–H and O–H groups in total. The lowest BCUT2D eigenvalue weighted by Gasteiger charge is -1.86. The third-order valence-electron chi connectivity index (χ3n) is 0.895. The summed E-state index contributed by atoms with van der Waals surface area (Å²) in [5.74, 6) is 0. The molecule has 10 heavy (non-hydrogen) atoms. The van der Waals surface area contributed by atoms with Crippen LogP contribution in [0.1, 0.15) is 27.2 Å². The molecule has 0 amide bonds. The molecular formula is C7H17ClMgO. The van der Waals surface area contributed by atoms with Gasteiger partial charge in [-0.25, -0.2) is 0 Å². The molecule has 60 valence electrons. The van der Waals surface area contributed by atoms with Gasteiger partial charge in [0.25, 0.3) is 0 Å². The van der Waals surface area contributed by atoms with E-state index in [9.17, 15) is 0 Å². The zero-order chi connectivity index (χ0) is 8.24. The molecule has 0 atom stereocenters. The van der Waals surface area contributed by atoms with Gasteiger partial charge in [0.2, 0.25) is 0 Å². The summed E-state index contributed by atoms with van der Waals surface area (Å²) < 4.78 is 6.13. The number of rotatable bonds is 4. The fourth-order valence-corrected chi connectivity index (χ4v) is 1.41. The third-order valence-corrected chi connectivity index (χ3v) is 2.67. The lowest BCUT2D eigenvalue weighted by Crippen LogP contribution is -1.84. The van der Waals surface area contributed by atoms with Crippen LogP contribution < -0.4 is 0 Å². The molecule has 0 fully saturated rings. The molecule has 0 aromatic rings. The molecule has 0 bridgehead atoms. The van der Waals surface area contributed by atoms with Crippen LogP contribution in [-0.2, 0) is 4.74 Å². The number of hydrogen-bond acceptors (Lipinski definition) is 1. The van der Waals surface area contributed by atoms with Crippen LogP contribution in [-0.4, -0.2) is 32.5 Å². The smallest absolute Gasteiger partial charge is 0.382 e. The van der Waals surface area contributed by atoms with Gasteiger partial charge in [-0.05, 0) is 13.8 Å². The van der Waals surface area contributed by atoms with Crippen LogP contribution >= 0.6 is 9.07 Å². The van der Waals surface area contributed by atoms with Crippen molar-refractivity contribution in [2.24, 2.45) is 0 Å². The van der Waals surface area contributed by atoms with E-state index in [-0.39, 0.29) is 19.3 Å². The summed E-state index contributed by atoms with van der Waals surface area (Å²) in [5, 5.41) is 0. The maximum Gasteiger partial charge on any atom is 0.501 e. The Bertz CT molecular complexity index is 34.6. The summed E-state index contributed by atoms with van der Waals surface area (Å²) >= 11 is -0.114. The van der Waals surface area contributed by atoms with Crippen LogP contribution in [0.15, 0.2) is 0 Å². The van der Waals surface area contributed by atoms with Crippen LogP contribution in [0.4, 0.5) is 0 Å². The van der Waals surface area contributed by atoms with Crippen LogP contribution in [0, 0.1) is 0 Å². The number of hydrogen-bond donors (Lipinski definition) is 0. The van der Waals surface area contributed by atoms with Gasteiger partial charge >= 0.3 is 19.3 Å². The van der Waals surface area contributed by atoms with E-state index < -0.39 is 0 Å². The lowest BCUT2D eigenvalue weighted by molar-refractivity contribution is 0.162. The minimum absolute atomic E-state index is 0.114. The standard InChI is InChI=1S/C4H10O.C3H7.ClH.Mg/c1-3-5-4-2;1-3-2;;/h3-4H2,1-2H3;1,3H2,2H3;1H;/q;;;+1/p-1. The van der Waals surface area contributed by atoms with Gasteiger partial charge in [0.15, 0.2) is 0 Å². The highest BCUT2D eigenvalue weighted by Gasteiger charge is 1.81. The second-order valence-corrected chi connectivity index (χ2v) is 4.04. The summed E-state index contributed by atoms with van der Waals surface area (Å²) in [6.07, 6.45) is 1.27. The second kappa shape index (κ2) is 16.5. The monoisotopic (exact) mass is 176 g/mol. The fourth-order valence-electron chi connectivity index (χ4n) is 0.338. The molecule has 0 aliphatic rings. The first kappa shape index (κ1) is 13.6. The van der Waals surface area contributed by atoms with Crippen molar-refractivity contribution in [3.63, 3.8) is 0 Å². The van der Waals surface area contributed by atoms with Gasteiger partial charge in [-0.15, -0.1) is 4.55 Å². The van der Waals surface area contributed by atoms with Gasteiger partial charge < -0.3 is 13.8 Å². The van der Waals surface area contributed by atoms with Crippen LogP contribution in [0.25, 0.3) is 0 Å². The predicted octanol–water partition coefficient (Wildman–Crippen LogP) is 2.72. The van der Waals surface area contributed by atoms with Gasteiger partial charge in [0.05, 0.1) is 0 Å². The van der Waals surface area contributed by atoms with Gasteiger partial charge in [-0.1, -0.05) is 13.3 Å². The van der Waals surface area contributed by atoms with E-state index in [4.69, 9.17) is 13.8 Å². The van der Waals surface area contributed by atoms with Crippen molar-refractivity contribution < 1.29 is 4.74 Å². The predicted molar refractivity (Wildman–Crippen MR) is 48.9 cm³/mol. The molecule has 0 aromatic carbocycles. The fraction of sp³-hybridized carbons (Fsp3) is 1.00. The SMILES string of the molecule is CCOCC.CC[CH2][Mg][Cl]. The highest BCUT2D eigenvalue weighted by Crippen LogP contribution is 1.85. The van der Waals surface area contributed by atoms with Gasteiger partial charge in [-0.2, -0.15) is 0 Å². The Balaban J connectivity index is 0. The summed E-state index contributed by atoms with van der Waals surface area (Å²) in [6.45, 7) is 7.83. The Labute approximate surface area is 78.0 Å². The lowest BCUT2D eigenvalue weighted by atomic mass is 10.6. The molecular weight excluding hydrogens is 160 g/mol. The highest BCUT2D eigenvalue weighted by atomic mass is 35.5. The number of ether oxygens (including phenoxy) is 1. The van der Waals surface area contributed by atoms with E-state index in [1.165, 1.54) is 11.0 Å². The molecule has 0 rings (SSSR count). The third kappa shape index (κ3) is 23.0. The van der Waals surface area contributed by atoms with E-state index in [1.807, 2.05) is 13.8 Å². The first-order valence-corrected chi connectivity index (χ1v) is 7.10. The average Bonchev–Trinajstić information content (AvgIpc) is 1.93. The van der Waals surface area contributed by atoms with E-state index >= 15 is 0 Å². The van der Waals surface area contributed by atoms with Crippen molar-refractivity contribution in [1.29, 1.82) is 0 Å². The zero-order valence-electron chi connectivity index (χ0n) is 7.32. The van der Waals surface area contributed by atoms with E-state index in [0.29, 0.717) is 0 Å². The van der Waals surface area contributed by atoms with E-state index in [0.717, 1.165) is 13.2 Å². The van der Waals surface area contributed by atoms with Crippen molar-refractivity contribution in [1.82, 2.24) is 0 Å². The minimum atomic E-state index is -0.114. The molecule has 0 spiro atoms. The van der Waals surface area contributed by atoms with E-state index in [2.05, 4.69) is 6.92 Å². The van der Waals surface area contributed by atoms with Crippen LogP contribution in [0.5, 0.6) is 0 Å². The molecule has 0 unspecified atom stereocenters. The van der Waals surface area contributed by atoms with Gasteiger partial charge in [0, 0.05) is 13.2 Å². The zero-order valence-corrected chi connectivity index (χ0v) is 9.49. The molecule has 0 saturated heterocycles. The van der Waals surface area contributed by atoms with Gasteiger partial charge in [-0.3, -0.25) is 0 Å². The van der Waals surface area contributed by atoms with Crippen molar-refractivity contribution >= 4 is 28.3 Å². The maximum atomic E-state index is 5.44. The van der Waals surface area contributed by atoms with Crippen molar-refractivity contribution in [3.8, 4) is 0 Å². The topological polar surface area (TPSA) is 9.23 Å². The van der Waals surface area contributed by atoms with Crippen molar-refractivity contribution in [2.45, 2.75) is 31.7 Å². The largest absolute Gasteiger partial charge is 0.501 e. The van der Waals surface area contributed by atoms with Crippen LogP contribution in [0.3, 0.4) is 0 Å². The van der Waals surface area contributed by atoms with Crippen molar-refractivity contribution in [2.75, 3.05) is 13.2 Å². The first-order chi connectivity index (χ1) is 4.83. The summed E-state index contributed by atoms with van der Waals surface area (Å²) in [7, 11) is 5.44. The molecule has 3 heteroatoms. The molecule has 1 nitrogen and oxygen atoms in total. The molecule has 0 radical (unpaired) electrons. The molecule has 0 aliphatic heterocycles. The number of halogens is 1. The Morgan fingerprint density at radius 2 is 1.70 bits per heavy atom. The summed E-state index contributed by atoms with van der Waals surface area (Å²) in [6, 6.07) is 0. The highest BCUT2D eigenvalue weighted by molar-refractivity contribution is 6.93. The molecule has 0 heterocycles. The minimum Gasteiger partial charge on any atom is -0.382 e. The Morgan fingerprint density at radius 1 is 1.20 bits per heavy atom. The summed E-state index contributed by atoms with van der Waals surface area (Å²) in [4.78, 5) is 0.